The van der Waals surface area contributed by atoms with Gasteiger partial charge in [-0.2, -0.15) is 0 Å². The van der Waals surface area contributed by atoms with Gasteiger partial charge in [0, 0.05) is 17.8 Å². The van der Waals surface area contributed by atoms with Crippen molar-refractivity contribution in [1.82, 2.24) is 5.32 Å². The molecule has 0 heterocycles. The molecule has 2 aliphatic carbocycles. The van der Waals surface area contributed by atoms with Crippen LogP contribution in [0.15, 0.2) is 30.3 Å². The van der Waals surface area contributed by atoms with Crippen LogP contribution >= 0.6 is 0 Å². The Hall–Kier alpha value is -1.84. The molecule has 0 aliphatic heterocycles. The van der Waals surface area contributed by atoms with Crippen molar-refractivity contribution < 1.29 is 14.7 Å². The van der Waals surface area contributed by atoms with Gasteiger partial charge in [0.1, 0.15) is 0 Å². The summed E-state index contributed by atoms with van der Waals surface area (Å²) in [6.07, 6.45) is 2.74. The normalized spacial score (nSPS) is 31.9. The molecule has 1 amide bonds. The number of fused-ring (bicyclic) bond motifs is 2. The number of amides is 1. The number of carbonyl (C=O) groups is 2. The van der Waals surface area contributed by atoms with E-state index in [0.717, 1.165) is 24.8 Å². The van der Waals surface area contributed by atoms with Gasteiger partial charge in [0.15, 0.2) is 0 Å². The molecule has 2 bridgehead atoms. The number of carboxylic acid groups (broad SMARTS) is 1. The monoisotopic (exact) mass is 286 g/mol. The fourth-order valence-corrected chi connectivity index (χ4v) is 4.14. The van der Waals surface area contributed by atoms with Crippen molar-refractivity contribution in [3.63, 3.8) is 0 Å². The molecule has 5 atom stereocenters. The number of nitrogens with one attached hydrogen (secondary N) is 1. The van der Waals surface area contributed by atoms with E-state index >= 15 is 0 Å². The van der Waals surface area contributed by atoms with Gasteiger partial charge in [-0.25, -0.2) is 0 Å². The summed E-state index contributed by atoms with van der Waals surface area (Å²) in [7, 11) is 0. The number of benzene rings is 1. The zero-order valence-corrected chi connectivity index (χ0v) is 12.1. The second-order valence-electron chi connectivity index (χ2n) is 6.34. The lowest BCUT2D eigenvalue weighted by Crippen LogP contribution is -2.46. The van der Waals surface area contributed by atoms with Crippen LogP contribution in [0.4, 0.5) is 0 Å². The van der Waals surface area contributed by atoms with Crippen LogP contribution in [0.2, 0.25) is 0 Å². The highest BCUT2D eigenvalue weighted by Gasteiger charge is 2.51. The molecule has 2 saturated carbocycles. The van der Waals surface area contributed by atoms with Crippen LogP contribution in [0.3, 0.4) is 0 Å². The molecular weight excluding hydrogens is 266 g/mol. The molecule has 0 unspecified atom stereocenters. The summed E-state index contributed by atoms with van der Waals surface area (Å²) >= 11 is 0. The van der Waals surface area contributed by atoms with E-state index in [9.17, 15) is 14.7 Å². The standard InChI is InChI=1S/C17H21NO3/c1-10(11-5-3-2-4-6-11)18-16(19)14-12-7-8-13(9-12)15(14)17(20)21/h2-6,10,12-15H,7-9H2,1H3,(H,18,19)(H,20,21)/p-1/t10-,12-,13-,14+,15-/m0/s1. The van der Waals surface area contributed by atoms with Crippen LogP contribution < -0.4 is 10.4 Å². The van der Waals surface area contributed by atoms with Gasteiger partial charge >= 0.3 is 0 Å². The summed E-state index contributed by atoms with van der Waals surface area (Å²) in [6, 6.07) is 9.60. The van der Waals surface area contributed by atoms with Crippen LogP contribution in [-0.4, -0.2) is 11.9 Å². The number of carbonyl (C=O) groups excluding carboxylic acids is 2. The molecule has 112 valence electrons. The summed E-state index contributed by atoms with van der Waals surface area (Å²) < 4.78 is 0. The Kier molecular flexibility index (Phi) is 3.70. The van der Waals surface area contributed by atoms with Crippen molar-refractivity contribution in [1.29, 1.82) is 0 Å². The number of hydrogen-bond acceptors (Lipinski definition) is 3. The average molecular weight is 286 g/mol. The third-order valence-corrected chi connectivity index (χ3v) is 5.15. The lowest BCUT2D eigenvalue weighted by molar-refractivity contribution is -0.314. The van der Waals surface area contributed by atoms with Crippen LogP contribution in [0.1, 0.15) is 37.8 Å². The first kappa shape index (κ1) is 14.1. The van der Waals surface area contributed by atoms with E-state index in [1.807, 2.05) is 37.3 Å². The molecule has 2 aliphatic rings. The fourth-order valence-electron chi connectivity index (χ4n) is 4.14. The molecular formula is C17H20NO3-. The molecule has 0 radical (unpaired) electrons. The molecule has 1 N–H and O–H groups in total. The van der Waals surface area contributed by atoms with E-state index in [0.29, 0.717) is 0 Å². The Morgan fingerprint density at radius 1 is 1.14 bits per heavy atom. The van der Waals surface area contributed by atoms with Gasteiger partial charge < -0.3 is 15.2 Å². The molecule has 21 heavy (non-hydrogen) atoms. The van der Waals surface area contributed by atoms with Gasteiger partial charge in [0.25, 0.3) is 0 Å². The van der Waals surface area contributed by atoms with Crippen molar-refractivity contribution in [3.8, 4) is 0 Å². The van der Waals surface area contributed by atoms with Gasteiger partial charge in [0.2, 0.25) is 5.91 Å². The zero-order valence-electron chi connectivity index (χ0n) is 12.1. The van der Waals surface area contributed by atoms with Crippen molar-refractivity contribution in [2.75, 3.05) is 0 Å². The predicted molar refractivity (Wildman–Crippen MR) is 75.8 cm³/mol. The summed E-state index contributed by atoms with van der Waals surface area (Å²) in [6.45, 7) is 1.93. The van der Waals surface area contributed by atoms with Crippen molar-refractivity contribution in [3.05, 3.63) is 35.9 Å². The fraction of sp³-hybridized carbons (Fsp3) is 0.529. The third-order valence-electron chi connectivity index (χ3n) is 5.15. The summed E-state index contributed by atoms with van der Waals surface area (Å²) in [5.74, 6) is -1.88. The minimum atomic E-state index is -1.06. The molecule has 0 saturated heterocycles. The molecule has 1 aromatic rings. The van der Waals surface area contributed by atoms with E-state index < -0.39 is 17.8 Å². The number of hydrogen-bond donors (Lipinski definition) is 1. The van der Waals surface area contributed by atoms with Crippen LogP contribution in [-0.2, 0) is 9.59 Å². The van der Waals surface area contributed by atoms with Gasteiger partial charge in [-0.1, -0.05) is 30.3 Å². The first-order chi connectivity index (χ1) is 10.1. The second kappa shape index (κ2) is 5.51. The smallest absolute Gasteiger partial charge is 0.224 e. The minimum absolute atomic E-state index is 0.111. The summed E-state index contributed by atoms with van der Waals surface area (Å²) in [5.41, 5.74) is 1.03. The van der Waals surface area contributed by atoms with E-state index in [-0.39, 0.29) is 23.8 Å². The van der Waals surface area contributed by atoms with Gasteiger partial charge in [-0.3, -0.25) is 4.79 Å². The van der Waals surface area contributed by atoms with Crippen molar-refractivity contribution in [2.45, 2.75) is 32.2 Å². The maximum absolute atomic E-state index is 12.5. The van der Waals surface area contributed by atoms with Gasteiger partial charge in [-0.05, 0) is 43.6 Å². The first-order valence-electron chi connectivity index (χ1n) is 7.64. The van der Waals surface area contributed by atoms with Crippen LogP contribution in [0.5, 0.6) is 0 Å². The predicted octanol–water partition coefficient (Wildman–Crippen LogP) is 1.28. The van der Waals surface area contributed by atoms with E-state index in [1.54, 1.807) is 0 Å². The Morgan fingerprint density at radius 3 is 2.38 bits per heavy atom. The van der Waals surface area contributed by atoms with E-state index in [2.05, 4.69) is 5.32 Å². The molecule has 2 fully saturated rings. The van der Waals surface area contributed by atoms with Crippen molar-refractivity contribution in [2.24, 2.45) is 23.7 Å². The van der Waals surface area contributed by atoms with Crippen LogP contribution in [0, 0.1) is 23.7 Å². The molecule has 1 aromatic carbocycles. The molecule has 4 heteroatoms. The molecule has 0 spiro atoms. The molecule has 3 rings (SSSR count). The summed E-state index contributed by atoms with van der Waals surface area (Å²) in [5, 5.41) is 14.3. The number of carboxylic acids is 1. The maximum atomic E-state index is 12.5. The Morgan fingerprint density at radius 2 is 1.76 bits per heavy atom. The zero-order chi connectivity index (χ0) is 15.0. The number of rotatable bonds is 4. The van der Waals surface area contributed by atoms with E-state index in [1.165, 1.54) is 0 Å². The quantitative estimate of drug-likeness (QED) is 0.906. The first-order valence-corrected chi connectivity index (χ1v) is 7.64. The highest BCUT2D eigenvalue weighted by molar-refractivity contribution is 5.85. The maximum Gasteiger partial charge on any atom is 0.224 e. The SMILES string of the molecule is C[C@H](NC(=O)[C@@H]1[C@H]2CC[C@@H](C2)[C@@H]1C(=O)[O-])c1ccccc1. The second-order valence-corrected chi connectivity index (χ2v) is 6.34. The molecule has 4 nitrogen and oxygen atoms in total. The Balaban J connectivity index is 1.72. The lowest BCUT2D eigenvalue weighted by Gasteiger charge is -2.31. The van der Waals surface area contributed by atoms with Gasteiger partial charge in [0.05, 0.1) is 6.04 Å². The van der Waals surface area contributed by atoms with Crippen molar-refractivity contribution >= 4 is 11.9 Å². The lowest BCUT2D eigenvalue weighted by atomic mass is 9.78. The van der Waals surface area contributed by atoms with E-state index in [4.69, 9.17) is 0 Å². The highest BCUT2D eigenvalue weighted by atomic mass is 16.4. The minimum Gasteiger partial charge on any atom is -0.550 e. The third kappa shape index (κ3) is 2.55. The molecule has 0 aromatic heterocycles. The Bertz CT molecular complexity index is 542. The highest BCUT2D eigenvalue weighted by Crippen LogP contribution is 2.52. The van der Waals surface area contributed by atoms with Gasteiger partial charge in [-0.15, -0.1) is 0 Å². The summed E-state index contributed by atoms with van der Waals surface area (Å²) in [4.78, 5) is 23.9. The Labute approximate surface area is 124 Å². The number of aliphatic carboxylic acids is 1. The topological polar surface area (TPSA) is 69.2 Å². The largest absolute Gasteiger partial charge is 0.550 e. The average Bonchev–Trinajstić information content (AvgIpc) is 3.08. The van der Waals surface area contributed by atoms with Crippen LogP contribution in [0.25, 0.3) is 0 Å².